The van der Waals surface area contributed by atoms with Crippen LogP contribution in [0.4, 0.5) is 11.4 Å². The average Bonchev–Trinajstić information content (AvgIpc) is 3.81. The first kappa shape index (κ1) is 34.7. The zero-order valence-electron chi connectivity index (χ0n) is 29.9. The fraction of sp³-hybridized carbons (Fsp3) is 0.455. The highest BCUT2D eigenvalue weighted by Gasteiger charge is 2.75. The quantitative estimate of drug-likeness (QED) is 0.310. The van der Waals surface area contributed by atoms with Gasteiger partial charge in [-0.25, -0.2) is 0 Å². The van der Waals surface area contributed by atoms with E-state index in [1.165, 1.54) is 33.6 Å². The molecule has 4 bridgehead atoms. The molecule has 2 unspecified atom stereocenters. The van der Waals surface area contributed by atoms with E-state index in [1.807, 2.05) is 0 Å². The Bertz CT molecular complexity index is 1860. The molecule has 2 N–H and O–H groups in total. The third kappa shape index (κ3) is 3.82. The molecule has 0 aromatic heterocycles. The largest absolute Gasteiger partial charge is 1.00 e. The molecule has 2 aliphatic carbocycles. The third-order valence-corrected chi connectivity index (χ3v) is 15.9. The van der Waals surface area contributed by atoms with E-state index in [2.05, 4.69) is 108 Å². The second-order valence-electron chi connectivity index (χ2n) is 17.2. The number of aliphatic hydroxyl groups excluding tert-OH is 2. The molecule has 2 aromatic carbocycles. The first-order valence-electron chi connectivity index (χ1n) is 19.2. The van der Waals surface area contributed by atoms with E-state index in [4.69, 9.17) is 0 Å². The van der Waals surface area contributed by atoms with Gasteiger partial charge in [-0.2, -0.15) is 0 Å². The number of benzene rings is 2. The third-order valence-electron chi connectivity index (χ3n) is 15.9. The van der Waals surface area contributed by atoms with E-state index in [9.17, 15) is 10.2 Å². The first-order chi connectivity index (χ1) is 24.5. The molecule has 0 amide bonds. The van der Waals surface area contributed by atoms with E-state index < -0.39 is 0 Å². The van der Waals surface area contributed by atoms with Gasteiger partial charge in [-0.05, 0) is 57.7 Å². The van der Waals surface area contributed by atoms with Gasteiger partial charge in [0, 0.05) is 61.3 Å². The SMILES string of the molecule is C=CC[N@@+]12CC[C@]34c5ccccc5N5/C=C6\C7N(/C=C(\C53)[C@@H](C[C@@H]41)/C(=C\CO)C2)c1ccccc1[C@@]71CC[N@@+]2(CC=C)C/C(=C/CO)[C@@H]6C[C@@H]12.[Cl-].[Cl-]. The highest BCUT2D eigenvalue weighted by Crippen LogP contribution is 2.69. The average molecular weight is 738 g/mol. The van der Waals surface area contributed by atoms with Crippen molar-refractivity contribution in [3.63, 3.8) is 0 Å². The van der Waals surface area contributed by atoms with Crippen LogP contribution >= 0.6 is 0 Å². The lowest BCUT2D eigenvalue weighted by Crippen LogP contribution is -3.00. The number of aliphatic hydroxyl groups is 2. The minimum atomic E-state index is 0. The van der Waals surface area contributed by atoms with Gasteiger partial charge in [-0.1, -0.05) is 61.7 Å². The normalized spacial score (nSPS) is 43.7. The van der Waals surface area contributed by atoms with Crippen LogP contribution in [0.15, 0.2) is 121 Å². The molecule has 11 rings (SSSR count). The predicted molar refractivity (Wildman–Crippen MR) is 198 cm³/mol. The van der Waals surface area contributed by atoms with Crippen molar-refractivity contribution in [2.45, 2.75) is 60.7 Å². The first-order valence-corrected chi connectivity index (χ1v) is 19.2. The van der Waals surface area contributed by atoms with Gasteiger partial charge in [-0.3, -0.25) is 0 Å². The van der Waals surface area contributed by atoms with Crippen molar-refractivity contribution in [2.75, 3.05) is 62.3 Å². The summed E-state index contributed by atoms with van der Waals surface area (Å²) in [6.45, 7) is 15.0. The fourth-order valence-electron chi connectivity index (χ4n) is 14.6. The summed E-state index contributed by atoms with van der Waals surface area (Å²) in [5.74, 6) is 0.615. The highest BCUT2D eigenvalue weighted by atomic mass is 35.5. The van der Waals surface area contributed by atoms with E-state index >= 15 is 0 Å². The van der Waals surface area contributed by atoms with Crippen LogP contribution in [0.3, 0.4) is 0 Å². The Morgan fingerprint density at radius 3 is 1.50 bits per heavy atom. The Balaban J connectivity index is 0.00000180. The Morgan fingerprint density at radius 2 is 1.10 bits per heavy atom. The van der Waals surface area contributed by atoms with Gasteiger partial charge in [0.15, 0.2) is 0 Å². The van der Waals surface area contributed by atoms with Gasteiger partial charge in [0.25, 0.3) is 0 Å². The Morgan fingerprint density at radius 1 is 0.673 bits per heavy atom. The number of piperidine rings is 2. The Labute approximate surface area is 320 Å². The molecule has 7 heterocycles. The van der Waals surface area contributed by atoms with Gasteiger partial charge in [0.2, 0.25) is 0 Å². The number of anilines is 2. The predicted octanol–water partition coefficient (Wildman–Crippen LogP) is -0.516. The lowest BCUT2D eigenvalue weighted by atomic mass is 9.56. The number of rotatable bonds is 6. The van der Waals surface area contributed by atoms with Crippen LogP contribution in [0.5, 0.6) is 0 Å². The summed E-state index contributed by atoms with van der Waals surface area (Å²) < 4.78 is 2.12. The number of hydrogen-bond donors (Lipinski definition) is 2. The molecule has 7 aliphatic heterocycles. The lowest BCUT2D eigenvalue weighted by Gasteiger charge is -2.59. The van der Waals surface area contributed by atoms with E-state index in [0.29, 0.717) is 23.9 Å². The maximum Gasteiger partial charge on any atom is 0.103 e. The van der Waals surface area contributed by atoms with Gasteiger partial charge in [-0.15, -0.1) is 0 Å². The van der Waals surface area contributed by atoms with Crippen LogP contribution in [-0.4, -0.2) is 95.8 Å². The zero-order valence-corrected chi connectivity index (χ0v) is 31.4. The molecular formula is C44H50Cl2N4O2. The monoisotopic (exact) mass is 736 g/mol. The molecule has 52 heavy (non-hydrogen) atoms. The number of halogens is 2. The van der Waals surface area contributed by atoms with Crippen molar-refractivity contribution in [1.29, 1.82) is 0 Å². The molecule has 272 valence electrons. The summed E-state index contributed by atoms with van der Waals surface area (Å²) in [6, 6.07) is 20.3. The standard InChI is InChI=1S/C44H50N4O2.2ClH/c1-3-17-47-19-15-43-35-9-5-7-11-37(35)45-26-34-32-24-40-44(16-20-48(40,18-4-2)28-30(32)14-22-50)36-10-6-8-12-38(36)46(42(34)44)25-33(41(43)45)31(23-39(43)47)29(27-47)13-21-49;;/h3-14,25-26,31-32,39-42,49-50H,1-2,15-24,27-28H2;2*1H/q+2;;/p-2/b29-13-,30-14-,33-25-,34-26-;;/t31-,32-,39-,40-,41?,42?,43+,44+,47-,48-;;/m0../s1. The summed E-state index contributed by atoms with van der Waals surface area (Å²) in [5, 5.41) is 20.9. The van der Waals surface area contributed by atoms with Crippen molar-refractivity contribution in [3.8, 4) is 0 Å². The fourth-order valence-corrected chi connectivity index (χ4v) is 14.6. The molecule has 2 spiro atoms. The molecule has 0 radical (unpaired) electrons. The van der Waals surface area contributed by atoms with Crippen LogP contribution in [0, 0.1) is 11.8 Å². The van der Waals surface area contributed by atoms with Gasteiger partial charge in [0.05, 0.1) is 62.3 Å². The smallest absolute Gasteiger partial charge is 0.103 e. The second-order valence-corrected chi connectivity index (χ2v) is 17.2. The van der Waals surface area contributed by atoms with Crippen molar-refractivity contribution in [1.82, 2.24) is 0 Å². The summed E-state index contributed by atoms with van der Waals surface area (Å²) in [7, 11) is 0. The molecule has 10 atom stereocenters. The van der Waals surface area contributed by atoms with Gasteiger partial charge in [0.1, 0.15) is 25.2 Å². The van der Waals surface area contributed by atoms with Crippen LogP contribution in [0.2, 0.25) is 0 Å². The molecule has 4 saturated heterocycles. The molecule has 9 aliphatic rings. The Kier molecular flexibility index (Phi) is 7.80. The minimum absolute atomic E-state index is 0. The molecule has 2 aromatic rings. The molecular weight excluding hydrogens is 687 g/mol. The number of hydrogen-bond acceptors (Lipinski definition) is 4. The van der Waals surface area contributed by atoms with Crippen LogP contribution in [0.25, 0.3) is 0 Å². The van der Waals surface area contributed by atoms with E-state index in [1.54, 1.807) is 11.1 Å². The number of fused-ring (bicyclic) bond motifs is 8. The molecule has 2 saturated carbocycles. The van der Waals surface area contributed by atoms with Crippen LogP contribution in [-0.2, 0) is 10.8 Å². The number of nitrogens with zero attached hydrogens (tertiary/aromatic N) is 4. The zero-order chi connectivity index (χ0) is 33.6. The number of para-hydroxylation sites is 2. The van der Waals surface area contributed by atoms with Crippen LogP contribution in [0.1, 0.15) is 36.8 Å². The highest BCUT2D eigenvalue weighted by molar-refractivity contribution is 5.77. The maximum atomic E-state index is 10.5. The van der Waals surface area contributed by atoms with E-state index in [-0.39, 0.29) is 60.9 Å². The molecule has 6 fully saturated rings. The summed E-state index contributed by atoms with van der Waals surface area (Å²) in [4.78, 5) is 5.54. The van der Waals surface area contributed by atoms with Crippen LogP contribution < -0.4 is 34.6 Å². The van der Waals surface area contributed by atoms with Crippen molar-refractivity contribution in [2.24, 2.45) is 11.8 Å². The van der Waals surface area contributed by atoms with Gasteiger partial charge >= 0.3 is 0 Å². The van der Waals surface area contributed by atoms with E-state index in [0.717, 1.165) is 73.9 Å². The summed E-state index contributed by atoms with van der Waals surface area (Å²) in [6.07, 6.45) is 18.6. The Hall–Kier alpha value is -3.10. The topological polar surface area (TPSA) is 46.9 Å². The van der Waals surface area contributed by atoms with Gasteiger partial charge < -0.3 is 53.8 Å². The summed E-state index contributed by atoms with van der Waals surface area (Å²) in [5.41, 5.74) is 11.8. The molecule has 6 nitrogen and oxygen atoms in total. The van der Waals surface area contributed by atoms with Crippen molar-refractivity contribution < 1.29 is 44.0 Å². The molecule has 8 heteroatoms. The minimum Gasteiger partial charge on any atom is -1.00 e. The van der Waals surface area contributed by atoms with Crippen molar-refractivity contribution >= 4 is 11.4 Å². The lowest BCUT2D eigenvalue weighted by molar-refractivity contribution is -0.937. The number of quaternary nitrogens is 2. The second kappa shape index (κ2) is 11.7. The maximum absolute atomic E-state index is 10.5. The van der Waals surface area contributed by atoms with Crippen molar-refractivity contribution in [3.05, 3.63) is 132 Å². The summed E-state index contributed by atoms with van der Waals surface area (Å²) >= 11 is 0.